The molecule has 1 aliphatic rings. The molecular weight excluding hydrogens is 284 g/mol. The highest BCUT2D eigenvalue weighted by atomic mass is 79.9. The SMILES string of the molecule is O=C(O)C=Cc1cccc(Br)c1OCC1CC1. The molecule has 1 aromatic rings. The zero-order valence-corrected chi connectivity index (χ0v) is 10.8. The number of benzene rings is 1. The molecule has 4 heteroatoms. The van der Waals surface area contributed by atoms with Gasteiger partial charge < -0.3 is 9.84 Å². The van der Waals surface area contributed by atoms with E-state index >= 15 is 0 Å². The first kappa shape index (κ1) is 12.2. The van der Waals surface area contributed by atoms with Gasteiger partial charge in [-0.05, 0) is 46.8 Å². The lowest BCUT2D eigenvalue weighted by atomic mass is 10.2. The summed E-state index contributed by atoms with van der Waals surface area (Å²) in [6.45, 7) is 0.705. The second kappa shape index (κ2) is 5.36. The number of carboxylic acids is 1. The number of ether oxygens (including phenoxy) is 1. The molecular formula is C13H13BrO3. The Hall–Kier alpha value is -1.29. The monoisotopic (exact) mass is 296 g/mol. The first-order valence-corrected chi connectivity index (χ1v) is 6.28. The summed E-state index contributed by atoms with van der Waals surface area (Å²) in [5.74, 6) is 0.424. The highest BCUT2D eigenvalue weighted by Crippen LogP contribution is 2.34. The van der Waals surface area contributed by atoms with Crippen molar-refractivity contribution in [2.24, 2.45) is 5.92 Å². The molecule has 0 aliphatic heterocycles. The summed E-state index contributed by atoms with van der Waals surface area (Å²) in [7, 11) is 0. The Labute approximate surface area is 108 Å². The summed E-state index contributed by atoms with van der Waals surface area (Å²) >= 11 is 3.42. The van der Waals surface area contributed by atoms with Crippen LogP contribution in [0.1, 0.15) is 18.4 Å². The minimum Gasteiger partial charge on any atom is -0.491 e. The van der Waals surface area contributed by atoms with E-state index in [1.54, 1.807) is 6.08 Å². The van der Waals surface area contributed by atoms with Crippen LogP contribution in [0, 0.1) is 5.92 Å². The van der Waals surface area contributed by atoms with E-state index in [9.17, 15) is 4.79 Å². The molecule has 0 radical (unpaired) electrons. The zero-order valence-electron chi connectivity index (χ0n) is 9.23. The molecule has 1 fully saturated rings. The summed E-state index contributed by atoms with van der Waals surface area (Å²) in [5, 5.41) is 8.62. The van der Waals surface area contributed by atoms with Crippen LogP contribution in [0.25, 0.3) is 6.08 Å². The topological polar surface area (TPSA) is 46.5 Å². The van der Waals surface area contributed by atoms with Crippen molar-refractivity contribution in [1.82, 2.24) is 0 Å². The second-order valence-electron chi connectivity index (χ2n) is 4.08. The first-order valence-electron chi connectivity index (χ1n) is 5.49. The summed E-state index contributed by atoms with van der Waals surface area (Å²) in [6.07, 6.45) is 5.12. The van der Waals surface area contributed by atoms with Crippen molar-refractivity contribution < 1.29 is 14.6 Å². The second-order valence-corrected chi connectivity index (χ2v) is 4.94. The predicted molar refractivity (Wildman–Crippen MR) is 69.0 cm³/mol. The minimum atomic E-state index is -0.960. The molecule has 0 bridgehead atoms. The molecule has 1 aromatic carbocycles. The Balaban J connectivity index is 2.16. The van der Waals surface area contributed by atoms with Gasteiger partial charge in [-0.25, -0.2) is 4.79 Å². The minimum absolute atomic E-state index is 0.665. The molecule has 0 unspecified atom stereocenters. The maximum absolute atomic E-state index is 10.5. The van der Waals surface area contributed by atoms with Crippen LogP contribution < -0.4 is 4.74 Å². The highest BCUT2D eigenvalue weighted by Gasteiger charge is 2.22. The number of para-hydroxylation sites is 1. The molecule has 0 spiro atoms. The Kier molecular flexibility index (Phi) is 3.84. The van der Waals surface area contributed by atoms with Crippen molar-refractivity contribution in [1.29, 1.82) is 0 Å². The largest absolute Gasteiger partial charge is 0.491 e. The van der Waals surface area contributed by atoms with E-state index in [0.29, 0.717) is 12.5 Å². The van der Waals surface area contributed by atoms with E-state index in [1.165, 1.54) is 12.8 Å². The fraction of sp³-hybridized carbons (Fsp3) is 0.308. The molecule has 0 amide bonds. The van der Waals surface area contributed by atoms with Gasteiger partial charge in [0.1, 0.15) is 5.75 Å². The summed E-state index contributed by atoms with van der Waals surface area (Å²) in [4.78, 5) is 10.5. The Morgan fingerprint density at radius 1 is 1.53 bits per heavy atom. The van der Waals surface area contributed by atoms with Gasteiger partial charge in [-0.15, -0.1) is 0 Å². The van der Waals surface area contributed by atoms with E-state index in [0.717, 1.165) is 21.9 Å². The van der Waals surface area contributed by atoms with Gasteiger partial charge in [0.2, 0.25) is 0 Å². The number of carbonyl (C=O) groups is 1. The third kappa shape index (κ3) is 3.60. The van der Waals surface area contributed by atoms with E-state index in [4.69, 9.17) is 9.84 Å². The lowest BCUT2D eigenvalue weighted by molar-refractivity contribution is -0.131. The van der Waals surface area contributed by atoms with Crippen LogP contribution in [0.15, 0.2) is 28.7 Å². The molecule has 0 atom stereocenters. The Bertz CT molecular complexity index is 450. The molecule has 0 heterocycles. The molecule has 0 saturated heterocycles. The van der Waals surface area contributed by atoms with Crippen LogP contribution in [-0.4, -0.2) is 17.7 Å². The average Bonchev–Trinajstić information content (AvgIpc) is 3.08. The van der Waals surface area contributed by atoms with Crippen molar-refractivity contribution in [3.05, 3.63) is 34.3 Å². The molecule has 0 aromatic heterocycles. The van der Waals surface area contributed by atoms with Crippen molar-refractivity contribution >= 4 is 28.0 Å². The maximum Gasteiger partial charge on any atom is 0.328 e. The van der Waals surface area contributed by atoms with Gasteiger partial charge >= 0.3 is 5.97 Å². The molecule has 1 saturated carbocycles. The third-order valence-corrected chi connectivity index (χ3v) is 3.19. The molecule has 90 valence electrons. The molecule has 17 heavy (non-hydrogen) atoms. The van der Waals surface area contributed by atoms with Crippen molar-refractivity contribution in [2.45, 2.75) is 12.8 Å². The number of carboxylic acid groups (broad SMARTS) is 1. The van der Waals surface area contributed by atoms with Crippen LogP contribution in [0.3, 0.4) is 0 Å². The third-order valence-electron chi connectivity index (χ3n) is 2.56. The zero-order chi connectivity index (χ0) is 12.3. The fourth-order valence-corrected chi connectivity index (χ4v) is 1.95. The van der Waals surface area contributed by atoms with Gasteiger partial charge in [0.15, 0.2) is 0 Å². The fourth-order valence-electron chi connectivity index (χ4n) is 1.46. The van der Waals surface area contributed by atoms with Crippen molar-refractivity contribution in [2.75, 3.05) is 6.61 Å². The van der Waals surface area contributed by atoms with E-state index in [2.05, 4.69) is 15.9 Å². The predicted octanol–water partition coefficient (Wildman–Crippen LogP) is 3.34. The number of hydrogen-bond donors (Lipinski definition) is 1. The van der Waals surface area contributed by atoms with E-state index in [1.807, 2.05) is 18.2 Å². The summed E-state index contributed by atoms with van der Waals surface area (Å²) in [6, 6.07) is 5.59. The number of rotatable bonds is 5. The summed E-state index contributed by atoms with van der Waals surface area (Å²) < 4.78 is 6.59. The molecule has 3 nitrogen and oxygen atoms in total. The van der Waals surface area contributed by atoms with Crippen LogP contribution in [0.2, 0.25) is 0 Å². The van der Waals surface area contributed by atoms with Gasteiger partial charge in [0.05, 0.1) is 11.1 Å². The smallest absolute Gasteiger partial charge is 0.328 e. The van der Waals surface area contributed by atoms with Gasteiger partial charge in [-0.2, -0.15) is 0 Å². The van der Waals surface area contributed by atoms with Crippen LogP contribution in [0.4, 0.5) is 0 Å². The summed E-state index contributed by atoms with van der Waals surface area (Å²) in [5.41, 5.74) is 0.780. The molecule has 1 N–H and O–H groups in total. The van der Waals surface area contributed by atoms with Gasteiger partial charge in [-0.3, -0.25) is 0 Å². The quantitative estimate of drug-likeness (QED) is 0.848. The lowest BCUT2D eigenvalue weighted by Gasteiger charge is -2.10. The molecule has 2 rings (SSSR count). The van der Waals surface area contributed by atoms with Crippen molar-refractivity contribution in [3.63, 3.8) is 0 Å². The van der Waals surface area contributed by atoms with Crippen LogP contribution in [0.5, 0.6) is 5.75 Å². The van der Waals surface area contributed by atoms with Crippen LogP contribution >= 0.6 is 15.9 Å². The number of aliphatic carboxylic acids is 1. The van der Waals surface area contributed by atoms with Crippen LogP contribution in [-0.2, 0) is 4.79 Å². The number of halogens is 1. The van der Waals surface area contributed by atoms with Gasteiger partial charge in [0, 0.05) is 11.6 Å². The maximum atomic E-state index is 10.5. The lowest BCUT2D eigenvalue weighted by Crippen LogP contribution is -2.01. The van der Waals surface area contributed by atoms with Gasteiger partial charge in [-0.1, -0.05) is 12.1 Å². The standard InChI is InChI=1S/C13H13BrO3/c14-11-3-1-2-10(6-7-12(15)16)13(11)17-8-9-4-5-9/h1-3,6-7,9H,4-5,8H2,(H,15,16). The Morgan fingerprint density at radius 2 is 2.29 bits per heavy atom. The average molecular weight is 297 g/mol. The van der Waals surface area contributed by atoms with E-state index < -0.39 is 5.97 Å². The van der Waals surface area contributed by atoms with Crippen molar-refractivity contribution in [3.8, 4) is 5.75 Å². The molecule has 1 aliphatic carbocycles. The number of hydrogen-bond acceptors (Lipinski definition) is 2. The normalized spacial score (nSPS) is 15.1. The van der Waals surface area contributed by atoms with Gasteiger partial charge in [0.25, 0.3) is 0 Å². The Morgan fingerprint density at radius 3 is 2.94 bits per heavy atom. The van der Waals surface area contributed by atoms with E-state index in [-0.39, 0.29) is 0 Å². The first-order chi connectivity index (χ1) is 8.16. The highest BCUT2D eigenvalue weighted by molar-refractivity contribution is 9.10.